The van der Waals surface area contributed by atoms with Crippen LogP contribution in [-0.2, 0) is 21.4 Å². The van der Waals surface area contributed by atoms with Gasteiger partial charge >= 0.3 is 0 Å². The number of hydrogen-bond donors (Lipinski definition) is 0. The maximum absolute atomic E-state index is 13.3. The maximum atomic E-state index is 13.3. The third-order valence-electron chi connectivity index (χ3n) is 4.74. The molecule has 1 fully saturated rings. The Balaban J connectivity index is 1.80. The van der Waals surface area contributed by atoms with E-state index in [2.05, 4.69) is 4.98 Å². The standard InChI is InChI=1S/C19H22FN3O3S/c1-27(25,26)22-11-8-16(9-12-22)19(24)23(14-15-3-2-10-21-13-15)18-6-4-17(20)5-7-18/h2-7,10,13,16H,8-9,11-12,14H2,1H3. The molecule has 1 amide bonds. The number of benzene rings is 1. The molecule has 0 saturated carbocycles. The lowest BCUT2D eigenvalue weighted by molar-refractivity contribution is -0.123. The second-order valence-corrected chi connectivity index (χ2v) is 8.68. The van der Waals surface area contributed by atoms with Gasteiger partial charge in [-0.25, -0.2) is 17.1 Å². The van der Waals surface area contributed by atoms with E-state index in [1.807, 2.05) is 6.07 Å². The minimum absolute atomic E-state index is 0.0846. The smallest absolute Gasteiger partial charge is 0.230 e. The van der Waals surface area contributed by atoms with Crippen molar-refractivity contribution in [3.8, 4) is 0 Å². The molecule has 1 aromatic carbocycles. The quantitative estimate of drug-likeness (QED) is 0.785. The largest absolute Gasteiger partial charge is 0.308 e. The predicted octanol–water partition coefficient (Wildman–Crippen LogP) is 2.43. The van der Waals surface area contributed by atoms with E-state index in [0.29, 0.717) is 38.2 Å². The van der Waals surface area contributed by atoms with Crippen LogP contribution in [-0.4, -0.2) is 43.0 Å². The summed E-state index contributed by atoms with van der Waals surface area (Å²) in [5, 5.41) is 0. The van der Waals surface area contributed by atoms with Crippen LogP contribution in [0.2, 0.25) is 0 Å². The summed E-state index contributed by atoms with van der Waals surface area (Å²) in [6.45, 7) is 0.989. The summed E-state index contributed by atoms with van der Waals surface area (Å²) in [6.07, 6.45) is 5.47. The van der Waals surface area contributed by atoms with Crippen molar-refractivity contribution >= 4 is 21.6 Å². The zero-order valence-corrected chi connectivity index (χ0v) is 15.9. The molecule has 0 aliphatic carbocycles. The monoisotopic (exact) mass is 391 g/mol. The Morgan fingerprint density at radius 3 is 2.44 bits per heavy atom. The zero-order valence-electron chi connectivity index (χ0n) is 15.1. The average Bonchev–Trinajstić information content (AvgIpc) is 2.67. The molecule has 0 radical (unpaired) electrons. The van der Waals surface area contributed by atoms with Crippen molar-refractivity contribution in [2.24, 2.45) is 5.92 Å². The fraction of sp³-hybridized carbons (Fsp3) is 0.368. The summed E-state index contributed by atoms with van der Waals surface area (Å²) in [4.78, 5) is 18.9. The molecule has 2 heterocycles. The highest BCUT2D eigenvalue weighted by molar-refractivity contribution is 7.88. The molecule has 1 saturated heterocycles. The summed E-state index contributed by atoms with van der Waals surface area (Å²) < 4.78 is 38.1. The highest BCUT2D eigenvalue weighted by atomic mass is 32.2. The number of carbonyl (C=O) groups is 1. The number of halogens is 1. The van der Waals surface area contributed by atoms with Crippen molar-refractivity contribution in [2.45, 2.75) is 19.4 Å². The lowest BCUT2D eigenvalue weighted by Gasteiger charge is -2.33. The normalized spacial score (nSPS) is 16.2. The predicted molar refractivity (Wildman–Crippen MR) is 101 cm³/mol. The van der Waals surface area contributed by atoms with Gasteiger partial charge in [-0.15, -0.1) is 0 Å². The van der Waals surface area contributed by atoms with Gasteiger partial charge in [-0.1, -0.05) is 6.07 Å². The van der Waals surface area contributed by atoms with Gasteiger partial charge in [0.1, 0.15) is 5.82 Å². The first kappa shape index (κ1) is 19.4. The molecule has 2 aromatic rings. The molecule has 0 unspecified atom stereocenters. The van der Waals surface area contributed by atoms with E-state index in [1.165, 1.54) is 22.7 Å². The molecule has 6 nitrogen and oxygen atoms in total. The Morgan fingerprint density at radius 1 is 1.22 bits per heavy atom. The third-order valence-corrected chi connectivity index (χ3v) is 6.04. The lowest BCUT2D eigenvalue weighted by Crippen LogP contribution is -2.44. The molecule has 27 heavy (non-hydrogen) atoms. The molecule has 0 spiro atoms. The van der Waals surface area contributed by atoms with Gasteiger partial charge in [0.05, 0.1) is 12.8 Å². The summed E-state index contributed by atoms with van der Waals surface area (Å²) in [5.74, 6) is -0.725. The molecule has 144 valence electrons. The van der Waals surface area contributed by atoms with E-state index in [-0.39, 0.29) is 17.6 Å². The Hall–Kier alpha value is -2.32. The summed E-state index contributed by atoms with van der Waals surface area (Å²) in [7, 11) is -3.24. The fourth-order valence-corrected chi connectivity index (χ4v) is 4.12. The van der Waals surface area contributed by atoms with E-state index >= 15 is 0 Å². The van der Waals surface area contributed by atoms with E-state index in [4.69, 9.17) is 0 Å². The maximum Gasteiger partial charge on any atom is 0.230 e. The zero-order chi connectivity index (χ0) is 19.4. The summed E-state index contributed by atoms with van der Waals surface area (Å²) in [5.41, 5.74) is 1.47. The Bertz CT molecular complexity index is 880. The van der Waals surface area contributed by atoms with Crippen molar-refractivity contribution in [1.29, 1.82) is 0 Å². The third kappa shape index (κ3) is 4.90. The molecule has 1 aliphatic heterocycles. The van der Waals surface area contributed by atoms with Gasteiger partial charge in [-0.05, 0) is 48.7 Å². The van der Waals surface area contributed by atoms with Gasteiger partial charge in [0, 0.05) is 37.1 Å². The van der Waals surface area contributed by atoms with E-state index in [1.54, 1.807) is 35.5 Å². The molecule has 0 atom stereocenters. The van der Waals surface area contributed by atoms with Crippen LogP contribution < -0.4 is 4.90 Å². The number of piperidine rings is 1. The first-order valence-electron chi connectivity index (χ1n) is 8.75. The Labute approximate surface area is 158 Å². The second-order valence-electron chi connectivity index (χ2n) is 6.70. The summed E-state index contributed by atoms with van der Waals surface area (Å²) >= 11 is 0. The van der Waals surface area contributed by atoms with Crippen molar-refractivity contribution in [3.05, 3.63) is 60.2 Å². The minimum Gasteiger partial charge on any atom is -0.308 e. The number of amides is 1. The average molecular weight is 391 g/mol. The molecule has 3 rings (SSSR count). The molecule has 1 aromatic heterocycles. The first-order valence-corrected chi connectivity index (χ1v) is 10.6. The first-order chi connectivity index (χ1) is 12.8. The van der Waals surface area contributed by atoms with Gasteiger partial charge in [0.25, 0.3) is 0 Å². The van der Waals surface area contributed by atoms with Crippen molar-refractivity contribution < 1.29 is 17.6 Å². The van der Waals surface area contributed by atoms with Gasteiger partial charge < -0.3 is 4.90 Å². The second kappa shape index (κ2) is 8.14. The van der Waals surface area contributed by atoms with Crippen LogP contribution >= 0.6 is 0 Å². The van der Waals surface area contributed by atoms with Crippen molar-refractivity contribution in [1.82, 2.24) is 9.29 Å². The van der Waals surface area contributed by atoms with Crippen LogP contribution in [0.25, 0.3) is 0 Å². The number of hydrogen-bond acceptors (Lipinski definition) is 4. The highest BCUT2D eigenvalue weighted by Crippen LogP contribution is 2.26. The SMILES string of the molecule is CS(=O)(=O)N1CCC(C(=O)N(Cc2cccnc2)c2ccc(F)cc2)CC1. The van der Waals surface area contributed by atoms with Crippen LogP contribution in [0, 0.1) is 11.7 Å². The topological polar surface area (TPSA) is 70.6 Å². The van der Waals surface area contributed by atoms with Crippen molar-refractivity contribution in [2.75, 3.05) is 24.2 Å². The molecular weight excluding hydrogens is 369 g/mol. The number of pyridine rings is 1. The van der Waals surface area contributed by atoms with Crippen LogP contribution in [0.4, 0.5) is 10.1 Å². The van der Waals surface area contributed by atoms with E-state index in [0.717, 1.165) is 5.56 Å². The van der Waals surface area contributed by atoms with Crippen molar-refractivity contribution in [3.63, 3.8) is 0 Å². The van der Waals surface area contributed by atoms with Crippen LogP contribution in [0.3, 0.4) is 0 Å². The molecule has 1 aliphatic rings. The number of carbonyl (C=O) groups excluding carboxylic acids is 1. The lowest BCUT2D eigenvalue weighted by atomic mass is 9.96. The molecule has 8 heteroatoms. The van der Waals surface area contributed by atoms with Crippen LogP contribution in [0.1, 0.15) is 18.4 Å². The van der Waals surface area contributed by atoms with Crippen LogP contribution in [0.15, 0.2) is 48.8 Å². The highest BCUT2D eigenvalue weighted by Gasteiger charge is 2.32. The number of nitrogens with zero attached hydrogens (tertiary/aromatic N) is 3. The van der Waals surface area contributed by atoms with Gasteiger partial charge in [0.2, 0.25) is 15.9 Å². The molecule has 0 bridgehead atoms. The number of anilines is 1. The Kier molecular flexibility index (Phi) is 5.86. The number of aromatic nitrogens is 1. The van der Waals surface area contributed by atoms with Gasteiger partial charge in [0.15, 0.2) is 0 Å². The van der Waals surface area contributed by atoms with Gasteiger partial charge in [-0.2, -0.15) is 0 Å². The Morgan fingerprint density at radius 2 is 1.89 bits per heavy atom. The molecule has 0 N–H and O–H groups in total. The van der Waals surface area contributed by atoms with Crippen LogP contribution in [0.5, 0.6) is 0 Å². The fourth-order valence-electron chi connectivity index (χ4n) is 3.25. The number of rotatable bonds is 5. The summed E-state index contributed by atoms with van der Waals surface area (Å²) in [6, 6.07) is 9.48. The van der Waals surface area contributed by atoms with E-state index < -0.39 is 10.0 Å². The van der Waals surface area contributed by atoms with E-state index in [9.17, 15) is 17.6 Å². The number of sulfonamides is 1. The molecular formula is C19H22FN3O3S. The van der Waals surface area contributed by atoms with Gasteiger partial charge in [-0.3, -0.25) is 9.78 Å². The minimum atomic E-state index is -3.24.